The molecule has 1 saturated carbocycles. The number of hydrogen-bond acceptors (Lipinski definition) is 4. The number of pyridine rings is 1. The zero-order valence-corrected chi connectivity index (χ0v) is 28.4. The zero-order valence-electron chi connectivity index (χ0n) is 26.0. The van der Waals surface area contributed by atoms with E-state index in [9.17, 15) is 9.90 Å². The van der Waals surface area contributed by atoms with Crippen molar-refractivity contribution >= 4 is 38.5 Å². The Bertz CT molecular complexity index is 1760. The van der Waals surface area contributed by atoms with E-state index in [-0.39, 0.29) is 43.5 Å². The molecule has 0 atom stereocenters. The van der Waals surface area contributed by atoms with E-state index in [0.29, 0.717) is 11.8 Å². The summed E-state index contributed by atoms with van der Waals surface area (Å²) in [5.74, 6) is 1.24. The summed E-state index contributed by atoms with van der Waals surface area (Å²) in [6.07, 6.45) is 8.58. The molecule has 1 radical (unpaired) electrons. The van der Waals surface area contributed by atoms with Crippen molar-refractivity contribution in [2.45, 2.75) is 79.1 Å². The van der Waals surface area contributed by atoms with E-state index in [1.165, 1.54) is 53.7 Å². The van der Waals surface area contributed by atoms with Crippen LogP contribution in [0.1, 0.15) is 90.2 Å². The van der Waals surface area contributed by atoms with Gasteiger partial charge in [0.15, 0.2) is 5.78 Å². The number of ketones is 1. The van der Waals surface area contributed by atoms with E-state index in [0.717, 1.165) is 33.2 Å². The summed E-state index contributed by atoms with van der Waals surface area (Å²) in [6.45, 7) is 11.8. The Morgan fingerprint density at radius 3 is 2.33 bits per heavy atom. The molecule has 0 unspecified atom stereocenters. The Morgan fingerprint density at radius 1 is 0.930 bits per heavy atom. The number of aliphatic hydroxyl groups is 1. The number of allylic oxidation sites excluding steroid dienone is 2. The normalized spacial score (nSPS) is 14.1. The smallest absolute Gasteiger partial charge is 0.161 e. The van der Waals surface area contributed by atoms with Crippen LogP contribution in [0.5, 0.6) is 0 Å². The number of furan rings is 1. The molecule has 0 bridgehead atoms. The molecule has 0 spiro atoms. The molecule has 1 N–H and O–H groups in total. The molecule has 0 amide bonds. The first-order valence-electron chi connectivity index (χ1n) is 15.3. The Hall–Kier alpha value is -3.27. The predicted octanol–water partition coefficient (Wildman–Crippen LogP) is 10.7. The van der Waals surface area contributed by atoms with Crippen LogP contribution in [0.25, 0.3) is 44.0 Å². The van der Waals surface area contributed by atoms with Crippen LogP contribution >= 0.6 is 0 Å². The van der Waals surface area contributed by atoms with Gasteiger partial charge in [0.2, 0.25) is 0 Å². The Kier molecular flexibility index (Phi) is 10.6. The molecule has 1 fully saturated rings. The monoisotopic (exact) mass is 753 g/mol. The molecule has 5 aromatic rings. The van der Waals surface area contributed by atoms with Gasteiger partial charge in [0, 0.05) is 49.6 Å². The number of hydrogen-bond donors (Lipinski definition) is 1. The van der Waals surface area contributed by atoms with E-state index >= 15 is 0 Å². The fraction of sp³-hybridized carbons (Fsp3) is 0.368. The second-order valence-corrected chi connectivity index (χ2v) is 12.5. The third kappa shape index (κ3) is 7.11. The number of rotatable bonds is 6. The van der Waals surface area contributed by atoms with Gasteiger partial charge in [-0.05, 0) is 58.8 Å². The van der Waals surface area contributed by atoms with Gasteiger partial charge >= 0.3 is 0 Å². The number of fused-ring (bicyclic) bond motifs is 4. The van der Waals surface area contributed by atoms with Crippen molar-refractivity contribution in [1.82, 2.24) is 4.98 Å². The topological polar surface area (TPSA) is 63.3 Å². The molecule has 2 aromatic heterocycles. The van der Waals surface area contributed by atoms with Gasteiger partial charge in [-0.15, -0.1) is 17.7 Å². The van der Waals surface area contributed by atoms with Gasteiger partial charge in [-0.2, -0.15) is 0 Å². The Morgan fingerprint density at radius 2 is 1.65 bits per heavy atom. The summed E-state index contributed by atoms with van der Waals surface area (Å²) in [7, 11) is 0. The van der Waals surface area contributed by atoms with Crippen LogP contribution in [-0.2, 0) is 24.9 Å². The number of aromatic nitrogens is 1. The molecule has 5 heteroatoms. The maximum absolute atomic E-state index is 11.0. The maximum atomic E-state index is 11.0. The number of carbonyl (C=O) groups is 1. The number of carbonyl (C=O) groups excluding carboxylic acids is 1. The molecular formula is C38H42IrNO3-. The van der Waals surface area contributed by atoms with E-state index in [1.807, 2.05) is 46.0 Å². The van der Waals surface area contributed by atoms with Gasteiger partial charge in [-0.1, -0.05) is 102 Å². The second kappa shape index (κ2) is 14.0. The van der Waals surface area contributed by atoms with Gasteiger partial charge in [-0.3, -0.25) is 4.79 Å². The summed E-state index contributed by atoms with van der Waals surface area (Å²) in [5.41, 5.74) is 6.38. The number of nitrogens with zero attached hydrogens (tertiary/aromatic N) is 1. The quantitative estimate of drug-likeness (QED) is 0.107. The molecule has 4 nitrogen and oxygen atoms in total. The summed E-state index contributed by atoms with van der Waals surface area (Å²) in [4.78, 5) is 15.9. The standard InChI is InChI=1S/C29H26NO.C9H16O2.Ir/c1-18(2)22-16-25-24-9-5-6-10-27(24)31-29(25)26(17-22)28-23-12-11-20(19-7-3-4-8-19)15-21(23)13-14-30-28;1-6(2)8(10)5-9(11)7(3)4;/h5-6,9-16,18-19H,3-4,7-8H2,1-2H3;5-7,10H,1-4H3;/q-1;;/b;8-5-;. The van der Waals surface area contributed by atoms with Gasteiger partial charge in [-0.25, -0.2) is 0 Å². The minimum atomic E-state index is -0.0316. The number of benzene rings is 3. The first kappa shape index (κ1) is 32.6. The van der Waals surface area contributed by atoms with Crippen LogP contribution in [0, 0.1) is 17.9 Å². The number of para-hydroxylation sites is 1. The van der Waals surface area contributed by atoms with Crippen molar-refractivity contribution in [2.75, 3.05) is 0 Å². The van der Waals surface area contributed by atoms with Crippen molar-refractivity contribution in [3.05, 3.63) is 89.8 Å². The molecule has 43 heavy (non-hydrogen) atoms. The fourth-order valence-electron chi connectivity index (χ4n) is 5.65. The summed E-state index contributed by atoms with van der Waals surface area (Å²) < 4.78 is 6.36. The molecule has 3 aromatic carbocycles. The number of aliphatic hydroxyl groups excluding tert-OH is 1. The second-order valence-electron chi connectivity index (χ2n) is 12.5. The van der Waals surface area contributed by atoms with Gasteiger partial charge < -0.3 is 14.5 Å². The predicted molar refractivity (Wildman–Crippen MR) is 174 cm³/mol. The molecular weight excluding hydrogens is 711 g/mol. The van der Waals surface area contributed by atoms with Crippen LogP contribution < -0.4 is 0 Å². The van der Waals surface area contributed by atoms with Crippen molar-refractivity contribution in [3.8, 4) is 11.3 Å². The zero-order chi connectivity index (χ0) is 30.0. The third-order valence-electron chi connectivity index (χ3n) is 8.35. The van der Waals surface area contributed by atoms with E-state index in [1.54, 1.807) is 0 Å². The first-order valence-corrected chi connectivity index (χ1v) is 15.3. The average Bonchev–Trinajstić information content (AvgIpc) is 3.65. The minimum Gasteiger partial charge on any atom is -0.512 e. The molecule has 0 saturated heterocycles. The van der Waals surface area contributed by atoms with Crippen LogP contribution in [0.4, 0.5) is 0 Å². The molecule has 6 rings (SSSR count). The summed E-state index contributed by atoms with van der Waals surface area (Å²) in [5, 5.41) is 13.9. The van der Waals surface area contributed by atoms with Gasteiger partial charge in [0.1, 0.15) is 5.58 Å². The van der Waals surface area contributed by atoms with Crippen LogP contribution in [0.15, 0.2) is 77.0 Å². The first-order chi connectivity index (χ1) is 20.1. The van der Waals surface area contributed by atoms with Crippen LogP contribution in [0.2, 0.25) is 0 Å². The third-order valence-corrected chi connectivity index (χ3v) is 8.35. The summed E-state index contributed by atoms with van der Waals surface area (Å²) >= 11 is 0. The van der Waals surface area contributed by atoms with Crippen molar-refractivity contribution in [1.29, 1.82) is 0 Å². The maximum Gasteiger partial charge on any atom is 0.161 e. The van der Waals surface area contributed by atoms with Crippen molar-refractivity contribution in [2.24, 2.45) is 11.8 Å². The minimum absolute atomic E-state index is 0. The SMILES string of the molecule is CC(C)C(=O)/C=C(\O)C(C)C.CC(C)c1[c-]c(-c2nccc3cc(C4CCCC4)ccc23)c2oc3ccccc3c2c1.[Ir]. The largest absolute Gasteiger partial charge is 0.512 e. The van der Waals surface area contributed by atoms with E-state index in [2.05, 4.69) is 62.4 Å². The Balaban J connectivity index is 0.000000305. The van der Waals surface area contributed by atoms with Crippen LogP contribution in [-0.4, -0.2) is 15.9 Å². The van der Waals surface area contributed by atoms with Crippen molar-refractivity contribution < 1.29 is 34.4 Å². The van der Waals surface area contributed by atoms with Crippen LogP contribution in [0.3, 0.4) is 0 Å². The van der Waals surface area contributed by atoms with Crippen molar-refractivity contribution in [3.63, 3.8) is 0 Å². The average molecular weight is 753 g/mol. The molecule has 0 aliphatic heterocycles. The van der Waals surface area contributed by atoms with E-state index < -0.39 is 0 Å². The molecule has 1 aliphatic carbocycles. The fourth-order valence-corrected chi connectivity index (χ4v) is 5.65. The summed E-state index contributed by atoms with van der Waals surface area (Å²) in [6, 6.07) is 23.3. The van der Waals surface area contributed by atoms with Gasteiger partial charge in [0.25, 0.3) is 0 Å². The van der Waals surface area contributed by atoms with E-state index in [4.69, 9.17) is 9.40 Å². The molecule has 227 valence electrons. The van der Waals surface area contributed by atoms with Gasteiger partial charge in [0.05, 0.1) is 11.3 Å². The molecule has 1 aliphatic rings. The molecule has 2 heterocycles. The Labute approximate surface area is 268 Å².